The topological polar surface area (TPSA) is 42.2 Å². The van der Waals surface area contributed by atoms with Crippen molar-refractivity contribution < 1.29 is 0 Å². The number of piperidine rings is 1. The lowest BCUT2D eigenvalue weighted by atomic mass is 9.79. The molecule has 1 fully saturated rings. The molecular weight excluding hydrogens is 270 g/mol. The van der Waals surface area contributed by atoms with Gasteiger partial charge in [-0.25, -0.2) is 0 Å². The van der Waals surface area contributed by atoms with E-state index in [2.05, 4.69) is 54.1 Å². The van der Waals surface area contributed by atoms with Gasteiger partial charge in [0.15, 0.2) is 0 Å². The largest absolute Gasteiger partial charge is 0.327 e. The van der Waals surface area contributed by atoms with Gasteiger partial charge in [-0.3, -0.25) is 9.88 Å². The number of aromatic nitrogens is 1. The van der Waals surface area contributed by atoms with E-state index in [0.717, 1.165) is 31.7 Å². The van der Waals surface area contributed by atoms with Gasteiger partial charge in [-0.1, -0.05) is 38.1 Å². The number of rotatable bonds is 3. The van der Waals surface area contributed by atoms with E-state index in [1.165, 1.54) is 11.1 Å². The molecule has 1 saturated heterocycles. The number of nitrogens with zero attached hydrogens (tertiary/aromatic N) is 2. The van der Waals surface area contributed by atoms with E-state index < -0.39 is 0 Å². The van der Waals surface area contributed by atoms with Crippen LogP contribution < -0.4 is 5.73 Å². The minimum atomic E-state index is 0.191. The molecule has 0 amide bonds. The van der Waals surface area contributed by atoms with E-state index in [4.69, 9.17) is 5.73 Å². The van der Waals surface area contributed by atoms with Crippen molar-refractivity contribution in [2.75, 3.05) is 13.1 Å². The summed E-state index contributed by atoms with van der Waals surface area (Å²) in [5, 5.41) is 0. The Labute approximate surface area is 133 Å². The molecule has 1 aliphatic rings. The molecule has 1 unspecified atom stereocenters. The highest BCUT2D eigenvalue weighted by Crippen LogP contribution is 2.29. The fourth-order valence-electron chi connectivity index (χ4n) is 3.24. The van der Waals surface area contributed by atoms with E-state index in [1.54, 1.807) is 0 Å². The van der Waals surface area contributed by atoms with Crippen LogP contribution in [0.1, 0.15) is 25.8 Å². The molecule has 0 spiro atoms. The first-order valence-electron chi connectivity index (χ1n) is 8.03. The van der Waals surface area contributed by atoms with Crippen molar-refractivity contribution in [1.29, 1.82) is 0 Å². The third kappa shape index (κ3) is 3.37. The van der Waals surface area contributed by atoms with Crippen molar-refractivity contribution in [3.05, 3.63) is 54.2 Å². The zero-order valence-corrected chi connectivity index (χ0v) is 13.5. The molecule has 2 aromatic rings. The number of hydrogen-bond acceptors (Lipinski definition) is 3. The minimum absolute atomic E-state index is 0.191. The lowest BCUT2D eigenvalue weighted by molar-refractivity contribution is 0.0899. The fourth-order valence-corrected chi connectivity index (χ4v) is 3.24. The highest BCUT2D eigenvalue weighted by Gasteiger charge is 2.33. The van der Waals surface area contributed by atoms with Crippen LogP contribution in [0.2, 0.25) is 0 Å². The van der Waals surface area contributed by atoms with Gasteiger partial charge in [0.1, 0.15) is 0 Å². The van der Waals surface area contributed by atoms with E-state index in [0.29, 0.717) is 6.04 Å². The molecule has 3 heteroatoms. The summed E-state index contributed by atoms with van der Waals surface area (Å²) in [6, 6.07) is 15.1. The van der Waals surface area contributed by atoms with Crippen LogP contribution in [0.15, 0.2) is 48.7 Å². The Morgan fingerprint density at radius 1 is 1.23 bits per heavy atom. The molecule has 2 heterocycles. The van der Waals surface area contributed by atoms with E-state index in [9.17, 15) is 0 Å². The smallest absolute Gasteiger partial charge is 0.0702 e. The SMILES string of the molecule is CC1(C)CN(Cc2cccc(-c3ccccn3)c2)CCC1N. The lowest BCUT2D eigenvalue weighted by Gasteiger charge is -2.42. The monoisotopic (exact) mass is 295 g/mol. The van der Waals surface area contributed by atoms with Gasteiger partial charge < -0.3 is 5.73 Å². The molecule has 1 aromatic carbocycles. The number of benzene rings is 1. The molecule has 116 valence electrons. The molecule has 3 rings (SSSR count). The Balaban J connectivity index is 1.74. The summed E-state index contributed by atoms with van der Waals surface area (Å²) < 4.78 is 0. The molecule has 1 aromatic heterocycles. The Morgan fingerprint density at radius 2 is 2.09 bits per heavy atom. The highest BCUT2D eigenvalue weighted by molar-refractivity contribution is 5.59. The zero-order valence-electron chi connectivity index (χ0n) is 13.5. The first-order valence-corrected chi connectivity index (χ1v) is 8.03. The Bertz CT molecular complexity index is 622. The maximum absolute atomic E-state index is 6.23. The first kappa shape index (κ1) is 15.2. The van der Waals surface area contributed by atoms with Gasteiger partial charge in [-0.15, -0.1) is 0 Å². The predicted octanol–water partition coefficient (Wildman–Crippen LogP) is 3.31. The molecular formula is C19H25N3. The van der Waals surface area contributed by atoms with Crippen LogP contribution in [0.25, 0.3) is 11.3 Å². The van der Waals surface area contributed by atoms with Crippen molar-refractivity contribution in [2.24, 2.45) is 11.1 Å². The number of hydrogen-bond donors (Lipinski definition) is 1. The van der Waals surface area contributed by atoms with Crippen molar-refractivity contribution in [2.45, 2.75) is 32.9 Å². The molecule has 0 radical (unpaired) electrons. The van der Waals surface area contributed by atoms with Crippen LogP contribution in [0.3, 0.4) is 0 Å². The number of nitrogens with two attached hydrogens (primary N) is 1. The van der Waals surface area contributed by atoms with Gasteiger partial charge in [0, 0.05) is 37.4 Å². The van der Waals surface area contributed by atoms with Crippen LogP contribution in [0.4, 0.5) is 0 Å². The quantitative estimate of drug-likeness (QED) is 0.944. The Hall–Kier alpha value is -1.71. The summed E-state index contributed by atoms with van der Waals surface area (Å²) in [6.45, 7) is 7.67. The van der Waals surface area contributed by atoms with Crippen molar-refractivity contribution in [1.82, 2.24) is 9.88 Å². The van der Waals surface area contributed by atoms with Crippen LogP contribution in [-0.2, 0) is 6.54 Å². The molecule has 1 aliphatic heterocycles. The van der Waals surface area contributed by atoms with E-state index >= 15 is 0 Å². The first-order chi connectivity index (χ1) is 10.5. The van der Waals surface area contributed by atoms with Crippen LogP contribution in [0.5, 0.6) is 0 Å². The van der Waals surface area contributed by atoms with Crippen molar-refractivity contribution in [3.8, 4) is 11.3 Å². The summed E-state index contributed by atoms with van der Waals surface area (Å²) in [6.07, 6.45) is 2.92. The highest BCUT2D eigenvalue weighted by atomic mass is 15.1. The third-order valence-corrected chi connectivity index (χ3v) is 4.69. The molecule has 2 N–H and O–H groups in total. The minimum Gasteiger partial charge on any atom is -0.327 e. The maximum Gasteiger partial charge on any atom is 0.0702 e. The molecule has 1 atom stereocenters. The second kappa shape index (κ2) is 6.19. The maximum atomic E-state index is 6.23. The molecule has 0 aliphatic carbocycles. The Kier molecular flexibility index (Phi) is 4.27. The number of likely N-dealkylation sites (tertiary alicyclic amines) is 1. The molecule has 0 saturated carbocycles. The second-order valence-corrected chi connectivity index (χ2v) is 7.01. The zero-order chi connectivity index (χ0) is 15.6. The average molecular weight is 295 g/mol. The van der Waals surface area contributed by atoms with Gasteiger partial charge in [0.2, 0.25) is 0 Å². The van der Waals surface area contributed by atoms with Gasteiger partial charge in [0.25, 0.3) is 0 Å². The van der Waals surface area contributed by atoms with Crippen LogP contribution >= 0.6 is 0 Å². The van der Waals surface area contributed by atoms with Crippen molar-refractivity contribution in [3.63, 3.8) is 0 Å². The van der Waals surface area contributed by atoms with Crippen LogP contribution in [0, 0.1) is 5.41 Å². The third-order valence-electron chi connectivity index (χ3n) is 4.69. The van der Waals surface area contributed by atoms with Gasteiger partial charge in [-0.2, -0.15) is 0 Å². The normalized spacial score (nSPS) is 21.7. The van der Waals surface area contributed by atoms with Crippen LogP contribution in [-0.4, -0.2) is 29.0 Å². The predicted molar refractivity (Wildman–Crippen MR) is 91.3 cm³/mol. The average Bonchev–Trinajstić information content (AvgIpc) is 2.52. The number of pyridine rings is 1. The summed E-state index contributed by atoms with van der Waals surface area (Å²) in [5.74, 6) is 0. The second-order valence-electron chi connectivity index (χ2n) is 7.01. The van der Waals surface area contributed by atoms with Gasteiger partial charge in [-0.05, 0) is 35.6 Å². The van der Waals surface area contributed by atoms with Gasteiger partial charge >= 0.3 is 0 Å². The summed E-state index contributed by atoms with van der Waals surface area (Å²) in [5.41, 5.74) is 9.99. The lowest BCUT2D eigenvalue weighted by Crippen LogP contribution is -2.52. The van der Waals surface area contributed by atoms with Crippen molar-refractivity contribution >= 4 is 0 Å². The standard InChI is InChI=1S/C19H25N3/c1-19(2)14-22(11-9-18(19)20)13-15-6-5-7-16(12-15)17-8-3-4-10-21-17/h3-8,10,12,18H,9,11,13-14,20H2,1-2H3. The Morgan fingerprint density at radius 3 is 2.82 bits per heavy atom. The summed E-state index contributed by atoms with van der Waals surface area (Å²) >= 11 is 0. The molecule has 0 bridgehead atoms. The fraction of sp³-hybridized carbons (Fsp3) is 0.421. The molecule has 3 nitrogen and oxygen atoms in total. The van der Waals surface area contributed by atoms with E-state index in [-0.39, 0.29) is 5.41 Å². The summed E-state index contributed by atoms with van der Waals surface area (Å²) in [4.78, 5) is 6.95. The van der Waals surface area contributed by atoms with Gasteiger partial charge in [0.05, 0.1) is 5.69 Å². The van der Waals surface area contributed by atoms with E-state index in [1.807, 2.05) is 18.3 Å². The molecule has 22 heavy (non-hydrogen) atoms. The summed E-state index contributed by atoms with van der Waals surface area (Å²) in [7, 11) is 0.